The number of nitrogens with zero attached hydrogens (tertiary/aromatic N) is 3. The van der Waals surface area contributed by atoms with E-state index in [4.69, 9.17) is 0 Å². The van der Waals surface area contributed by atoms with Crippen LogP contribution in [-0.2, 0) is 9.59 Å². The number of hydrogen-bond donors (Lipinski definition) is 0. The van der Waals surface area contributed by atoms with E-state index in [2.05, 4.69) is 21.7 Å². The minimum absolute atomic E-state index is 0.178. The summed E-state index contributed by atoms with van der Waals surface area (Å²) in [4.78, 5) is 30.6. The molecule has 0 aromatic carbocycles. The third kappa shape index (κ3) is 4.57. The molecule has 2 aliphatic heterocycles. The average Bonchev–Trinajstić information content (AvgIpc) is 3.10. The molecule has 2 saturated heterocycles. The highest BCUT2D eigenvalue weighted by Crippen LogP contribution is 2.31. The first kappa shape index (κ1) is 17.9. The number of carbonyl (C=O) groups is 2. The Morgan fingerprint density at radius 3 is 2.38 bits per heavy atom. The smallest absolute Gasteiger partial charge is 0.225 e. The third-order valence-corrected chi connectivity index (χ3v) is 6.36. The van der Waals surface area contributed by atoms with Gasteiger partial charge in [-0.05, 0) is 58.0 Å². The van der Waals surface area contributed by atoms with Gasteiger partial charge in [-0.15, -0.1) is 0 Å². The van der Waals surface area contributed by atoms with Crippen LogP contribution in [0.15, 0.2) is 0 Å². The maximum Gasteiger partial charge on any atom is 0.225 e. The second-order valence-corrected chi connectivity index (χ2v) is 8.12. The lowest BCUT2D eigenvalue weighted by molar-refractivity contribution is -0.136. The van der Waals surface area contributed by atoms with Crippen LogP contribution in [0.1, 0.15) is 38.5 Å². The summed E-state index contributed by atoms with van der Waals surface area (Å²) in [6, 6.07) is 0. The number of aldehydes is 1. The number of carbonyl (C=O) groups excluding carboxylic acids is 2. The normalized spacial score (nSPS) is 32.9. The van der Waals surface area contributed by atoms with Crippen LogP contribution in [0.2, 0.25) is 0 Å². The van der Waals surface area contributed by atoms with Gasteiger partial charge in [0.2, 0.25) is 5.91 Å². The van der Waals surface area contributed by atoms with Crippen molar-refractivity contribution in [2.75, 3.05) is 52.9 Å². The molecule has 3 rings (SSSR count). The number of amides is 1. The Balaban J connectivity index is 1.37. The van der Waals surface area contributed by atoms with Crippen molar-refractivity contribution in [2.45, 2.75) is 38.5 Å². The fourth-order valence-electron chi connectivity index (χ4n) is 4.47. The molecule has 1 saturated carbocycles. The number of hydrogen-bond acceptors (Lipinski definition) is 4. The molecule has 0 spiro atoms. The van der Waals surface area contributed by atoms with Gasteiger partial charge >= 0.3 is 0 Å². The lowest BCUT2D eigenvalue weighted by atomic mass is 9.82. The average molecular weight is 335 g/mol. The van der Waals surface area contributed by atoms with Crippen LogP contribution in [-0.4, -0.2) is 79.8 Å². The molecule has 3 fully saturated rings. The minimum Gasteiger partial charge on any atom is -0.342 e. The molecule has 2 heterocycles. The van der Waals surface area contributed by atoms with E-state index < -0.39 is 0 Å². The summed E-state index contributed by atoms with van der Waals surface area (Å²) in [7, 11) is 2.19. The number of likely N-dealkylation sites (tertiary alicyclic amines) is 1. The highest BCUT2D eigenvalue weighted by molar-refractivity contribution is 5.79. The van der Waals surface area contributed by atoms with Crippen LogP contribution in [0.5, 0.6) is 0 Å². The van der Waals surface area contributed by atoms with Crippen LogP contribution in [0.25, 0.3) is 0 Å². The Morgan fingerprint density at radius 2 is 1.71 bits per heavy atom. The summed E-state index contributed by atoms with van der Waals surface area (Å²) in [5.74, 6) is 1.42. The van der Waals surface area contributed by atoms with Crippen molar-refractivity contribution in [3.63, 3.8) is 0 Å². The lowest BCUT2D eigenvalue weighted by Gasteiger charge is -2.33. The molecule has 5 nitrogen and oxygen atoms in total. The molecule has 0 bridgehead atoms. The van der Waals surface area contributed by atoms with E-state index in [9.17, 15) is 9.59 Å². The minimum atomic E-state index is 0.178. The first-order chi connectivity index (χ1) is 11.7. The van der Waals surface area contributed by atoms with E-state index in [0.717, 1.165) is 45.1 Å². The summed E-state index contributed by atoms with van der Waals surface area (Å²) < 4.78 is 0. The Morgan fingerprint density at radius 1 is 1.00 bits per heavy atom. The van der Waals surface area contributed by atoms with Gasteiger partial charge in [0.05, 0.1) is 0 Å². The van der Waals surface area contributed by atoms with Gasteiger partial charge < -0.3 is 19.5 Å². The van der Waals surface area contributed by atoms with E-state index >= 15 is 0 Å². The molecule has 0 aromatic heterocycles. The van der Waals surface area contributed by atoms with Crippen LogP contribution >= 0.6 is 0 Å². The second-order valence-electron chi connectivity index (χ2n) is 8.12. The fourth-order valence-corrected chi connectivity index (χ4v) is 4.47. The Kier molecular flexibility index (Phi) is 6.28. The van der Waals surface area contributed by atoms with Crippen molar-refractivity contribution < 1.29 is 9.59 Å². The predicted molar refractivity (Wildman–Crippen MR) is 94.8 cm³/mol. The molecule has 0 radical (unpaired) electrons. The summed E-state index contributed by atoms with van der Waals surface area (Å²) in [5, 5.41) is 0. The van der Waals surface area contributed by atoms with Gasteiger partial charge in [-0.25, -0.2) is 0 Å². The topological polar surface area (TPSA) is 43.9 Å². The number of likely N-dealkylation sites (N-methyl/N-ethyl adjacent to an activating group) is 1. The van der Waals surface area contributed by atoms with E-state index in [-0.39, 0.29) is 11.8 Å². The van der Waals surface area contributed by atoms with Gasteiger partial charge in [0, 0.05) is 51.1 Å². The van der Waals surface area contributed by atoms with Crippen LogP contribution < -0.4 is 0 Å². The third-order valence-electron chi connectivity index (χ3n) is 6.36. The molecule has 1 unspecified atom stereocenters. The summed E-state index contributed by atoms with van der Waals surface area (Å²) >= 11 is 0. The second kappa shape index (κ2) is 8.43. The first-order valence-electron chi connectivity index (χ1n) is 9.80. The van der Waals surface area contributed by atoms with Gasteiger partial charge in [0.15, 0.2) is 0 Å². The largest absolute Gasteiger partial charge is 0.342 e. The fraction of sp³-hybridized carbons (Fsp3) is 0.895. The van der Waals surface area contributed by atoms with Gasteiger partial charge in [-0.3, -0.25) is 4.79 Å². The Hall–Kier alpha value is -0.940. The van der Waals surface area contributed by atoms with Crippen molar-refractivity contribution in [3.05, 3.63) is 0 Å². The molecular weight excluding hydrogens is 302 g/mol. The molecule has 1 atom stereocenters. The maximum absolute atomic E-state index is 12.7. The molecule has 136 valence electrons. The molecule has 0 N–H and O–H groups in total. The highest BCUT2D eigenvalue weighted by atomic mass is 16.2. The molecule has 1 aliphatic carbocycles. The SMILES string of the molecule is CN1CCN(CCC2CCN(C(=O)C3CCC(C=O)CC3)C2)CC1. The van der Waals surface area contributed by atoms with E-state index in [1.807, 2.05) is 0 Å². The zero-order chi connectivity index (χ0) is 16.9. The van der Waals surface area contributed by atoms with Crippen molar-refractivity contribution in [1.82, 2.24) is 14.7 Å². The van der Waals surface area contributed by atoms with Gasteiger partial charge in [-0.1, -0.05) is 0 Å². The lowest BCUT2D eigenvalue weighted by Crippen LogP contribution is -2.45. The zero-order valence-electron chi connectivity index (χ0n) is 15.2. The van der Waals surface area contributed by atoms with Crippen molar-refractivity contribution in [2.24, 2.45) is 17.8 Å². The Labute approximate surface area is 146 Å². The monoisotopic (exact) mass is 335 g/mol. The van der Waals surface area contributed by atoms with Crippen molar-refractivity contribution >= 4 is 12.2 Å². The molecule has 5 heteroatoms. The molecular formula is C19H33N3O2. The summed E-state index contributed by atoms with van der Waals surface area (Å²) in [5.41, 5.74) is 0. The molecule has 3 aliphatic rings. The summed E-state index contributed by atoms with van der Waals surface area (Å²) in [6.07, 6.45) is 7.09. The van der Waals surface area contributed by atoms with Crippen LogP contribution in [0.3, 0.4) is 0 Å². The molecule has 24 heavy (non-hydrogen) atoms. The number of rotatable bonds is 5. The van der Waals surface area contributed by atoms with E-state index in [1.165, 1.54) is 45.6 Å². The van der Waals surface area contributed by atoms with Gasteiger partial charge in [-0.2, -0.15) is 0 Å². The first-order valence-corrected chi connectivity index (χ1v) is 9.80. The highest BCUT2D eigenvalue weighted by Gasteiger charge is 2.33. The molecule has 0 aromatic rings. The quantitative estimate of drug-likeness (QED) is 0.714. The predicted octanol–water partition coefficient (Wildman–Crippen LogP) is 1.48. The van der Waals surface area contributed by atoms with E-state index in [1.54, 1.807) is 0 Å². The Bertz CT molecular complexity index is 426. The zero-order valence-corrected chi connectivity index (χ0v) is 15.2. The standard InChI is InChI=1S/C19H33N3O2/c1-20-10-12-21(13-11-20)8-6-16-7-9-22(14-16)19(24)18-4-2-17(15-23)3-5-18/h15-18H,2-14H2,1H3. The summed E-state index contributed by atoms with van der Waals surface area (Å²) in [6.45, 7) is 7.82. The van der Waals surface area contributed by atoms with Gasteiger partial charge in [0.1, 0.15) is 6.29 Å². The van der Waals surface area contributed by atoms with Crippen molar-refractivity contribution in [3.8, 4) is 0 Å². The van der Waals surface area contributed by atoms with Crippen molar-refractivity contribution in [1.29, 1.82) is 0 Å². The van der Waals surface area contributed by atoms with Crippen LogP contribution in [0, 0.1) is 17.8 Å². The van der Waals surface area contributed by atoms with E-state index in [0.29, 0.717) is 11.8 Å². The van der Waals surface area contributed by atoms with Crippen LogP contribution in [0.4, 0.5) is 0 Å². The van der Waals surface area contributed by atoms with Gasteiger partial charge in [0.25, 0.3) is 0 Å². The maximum atomic E-state index is 12.7. The molecule has 1 amide bonds. The number of piperazine rings is 1.